The summed E-state index contributed by atoms with van der Waals surface area (Å²) in [7, 11) is 0. The lowest BCUT2D eigenvalue weighted by Gasteiger charge is -2.11. The Labute approximate surface area is 134 Å². The van der Waals surface area contributed by atoms with Crippen molar-refractivity contribution in [2.45, 2.75) is 13.8 Å². The fourth-order valence-electron chi connectivity index (χ4n) is 2.02. The molecule has 5 heteroatoms. The number of nitrogens with one attached hydrogen (secondary N) is 2. The van der Waals surface area contributed by atoms with E-state index in [0.29, 0.717) is 16.3 Å². The molecule has 0 fully saturated rings. The molecule has 0 saturated heterocycles. The maximum Gasteiger partial charge on any atom is 0.251 e. The van der Waals surface area contributed by atoms with Gasteiger partial charge in [0.1, 0.15) is 0 Å². The molecule has 2 aromatic carbocycles. The van der Waals surface area contributed by atoms with Crippen LogP contribution in [0.1, 0.15) is 21.5 Å². The average Bonchev–Trinajstić information content (AvgIpc) is 2.50. The van der Waals surface area contributed by atoms with E-state index in [4.69, 9.17) is 11.6 Å². The molecule has 0 spiro atoms. The van der Waals surface area contributed by atoms with Crippen LogP contribution in [0.25, 0.3) is 0 Å². The van der Waals surface area contributed by atoms with Gasteiger partial charge in [0.25, 0.3) is 5.91 Å². The molecule has 0 bridgehead atoms. The Morgan fingerprint density at radius 2 is 1.77 bits per heavy atom. The van der Waals surface area contributed by atoms with Crippen molar-refractivity contribution in [2.24, 2.45) is 0 Å². The van der Waals surface area contributed by atoms with E-state index in [9.17, 15) is 9.59 Å². The lowest BCUT2D eigenvalue weighted by molar-refractivity contribution is -0.115. The van der Waals surface area contributed by atoms with E-state index in [2.05, 4.69) is 10.6 Å². The molecular formula is C17H17ClN2O2. The smallest absolute Gasteiger partial charge is 0.251 e. The first kappa shape index (κ1) is 16.0. The van der Waals surface area contributed by atoms with Gasteiger partial charge in [0.05, 0.1) is 6.54 Å². The lowest BCUT2D eigenvalue weighted by atomic mass is 10.1. The molecule has 0 heterocycles. The van der Waals surface area contributed by atoms with Crippen LogP contribution in [-0.4, -0.2) is 18.4 Å². The summed E-state index contributed by atoms with van der Waals surface area (Å²) >= 11 is 6.00. The van der Waals surface area contributed by atoms with Crippen LogP contribution in [0.4, 0.5) is 5.69 Å². The lowest BCUT2D eigenvalue weighted by Crippen LogP contribution is -2.33. The van der Waals surface area contributed by atoms with Crippen molar-refractivity contribution in [2.75, 3.05) is 11.9 Å². The van der Waals surface area contributed by atoms with Gasteiger partial charge in [-0.05, 0) is 43.2 Å². The van der Waals surface area contributed by atoms with Gasteiger partial charge >= 0.3 is 0 Å². The van der Waals surface area contributed by atoms with E-state index < -0.39 is 0 Å². The summed E-state index contributed by atoms with van der Waals surface area (Å²) in [5, 5.41) is 5.93. The number of carbonyl (C=O) groups is 2. The van der Waals surface area contributed by atoms with E-state index in [1.54, 1.807) is 30.3 Å². The number of carbonyl (C=O) groups excluding carboxylic acids is 2. The van der Waals surface area contributed by atoms with Crippen LogP contribution in [0, 0.1) is 13.8 Å². The molecule has 2 rings (SSSR count). The molecule has 114 valence electrons. The second kappa shape index (κ2) is 7.09. The zero-order chi connectivity index (χ0) is 16.1. The second-order valence-electron chi connectivity index (χ2n) is 4.96. The van der Waals surface area contributed by atoms with Crippen LogP contribution in [-0.2, 0) is 4.79 Å². The molecule has 0 unspecified atom stereocenters. The maximum absolute atomic E-state index is 12.0. The van der Waals surface area contributed by atoms with Crippen molar-refractivity contribution in [3.8, 4) is 0 Å². The summed E-state index contributed by atoms with van der Waals surface area (Å²) in [5.74, 6) is -0.566. The summed E-state index contributed by atoms with van der Waals surface area (Å²) in [6.07, 6.45) is 0. The number of amides is 2. The first-order valence-corrected chi connectivity index (χ1v) is 7.25. The van der Waals surface area contributed by atoms with E-state index in [-0.39, 0.29) is 18.4 Å². The maximum atomic E-state index is 12.0. The molecule has 0 aliphatic heterocycles. The molecule has 0 aliphatic rings. The first-order chi connectivity index (χ1) is 10.5. The highest BCUT2D eigenvalue weighted by Gasteiger charge is 2.11. The molecule has 2 aromatic rings. The molecule has 2 amide bonds. The van der Waals surface area contributed by atoms with Gasteiger partial charge < -0.3 is 10.6 Å². The quantitative estimate of drug-likeness (QED) is 0.909. The van der Waals surface area contributed by atoms with Crippen LogP contribution >= 0.6 is 11.6 Å². The second-order valence-corrected chi connectivity index (χ2v) is 5.37. The van der Waals surface area contributed by atoms with Gasteiger partial charge in [0.2, 0.25) is 5.91 Å². The Bertz CT molecular complexity index is 714. The van der Waals surface area contributed by atoms with Gasteiger partial charge in [-0.25, -0.2) is 0 Å². The van der Waals surface area contributed by atoms with E-state index >= 15 is 0 Å². The van der Waals surface area contributed by atoms with Crippen LogP contribution < -0.4 is 10.6 Å². The van der Waals surface area contributed by atoms with E-state index in [1.165, 1.54) is 0 Å². The SMILES string of the molecule is Cc1ccccc1C(=O)NCC(=O)Nc1cccc(Cl)c1C. The van der Waals surface area contributed by atoms with Gasteiger partial charge in [-0.1, -0.05) is 35.9 Å². The molecule has 0 aliphatic carbocycles. The standard InChI is InChI=1S/C17H17ClN2O2/c1-11-6-3-4-7-13(11)17(22)19-10-16(21)20-15-9-5-8-14(18)12(15)2/h3-9H,10H2,1-2H3,(H,19,22)(H,20,21). The Morgan fingerprint density at radius 1 is 1.05 bits per heavy atom. The minimum atomic E-state index is -0.299. The average molecular weight is 317 g/mol. The minimum absolute atomic E-state index is 0.0981. The summed E-state index contributed by atoms with van der Waals surface area (Å²) in [6.45, 7) is 3.58. The van der Waals surface area contributed by atoms with E-state index in [1.807, 2.05) is 26.0 Å². The summed E-state index contributed by atoms with van der Waals surface area (Å²) in [6, 6.07) is 12.5. The molecule has 2 N–H and O–H groups in total. The Kier molecular flexibility index (Phi) is 5.17. The monoisotopic (exact) mass is 316 g/mol. The number of rotatable bonds is 4. The van der Waals surface area contributed by atoms with Gasteiger partial charge in [0, 0.05) is 16.3 Å². The highest BCUT2D eigenvalue weighted by atomic mass is 35.5. The molecule has 4 nitrogen and oxygen atoms in total. The van der Waals surface area contributed by atoms with Gasteiger partial charge in [-0.2, -0.15) is 0 Å². The molecule has 0 aromatic heterocycles. The van der Waals surface area contributed by atoms with Crippen molar-refractivity contribution in [1.82, 2.24) is 5.32 Å². The largest absolute Gasteiger partial charge is 0.343 e. The number of hydrogen-bond acceptors (Lipinski definition) is 2. The third-order valence-corrected chi connectivity index (χ3v) is 3.75. The van der Waals surface area contributed by atoms with Crippen LogP contribution in [0.15, 0.2) is 42.5 Å². The molecular weight excluding hydrogens is 300 g/mol. The van der Waals surface area contributed by atoms with Gasteiger partial charge in [0.15, 0.2) is 0 Å². The number of benzene rings is 2. The van der Waals surface area contributed by atoms with Gasteiger partial charge in [-0.3, -0.25) is 9.59 Å². The molecule has 0 atom stereocenters. The third kappa shape index (κ3) is 3.86. The van der Waals surface area contributed by atoms with Crippen LogP contribution in [0.5, 0.6) is 0 Å². The Morgan fingerprint density at radius 3 is 2.50 bits per heavy atom. The highest BCUT2D eigenvalue weighted by Crippen LogP contribution is 2.22. The number of anilines is 1. The highest BCUT2D eigenvalue weighted by molar-refractivity contribution is 6.31. The Hall–Kier alpha value is -2.33. The zero-order valence-corrected chi connectivity index (χ0v) is 13.2. The minimum Gasteiger partial charge on any atom is -0.343 e. The van der Waals surface area contributed by atoms with Crippen LogP contribution in [0.2, 0.25) is 5.02 Å². The number of halogens is 1. The molecule has 0 saturated carbocycles. The van der Waals surface area contributed by atoms with Crippen LogP contribution in [0.3, 0.4) is 0 Å². The summed E-state index contributed by atoms with van der Waals surface area (Å²) in [4.78, 5) is 24.0. The predicted octanol–water partition coefficient (Wildman–Crippen LogP) is 3.33. The fraction of sp³-hybridized carbons (Fsp3) is 0.176. The number of hydrogen-bond donors (Lipinski definition) is 2. The van der Waals surface area contributed by atoms with Crippen molar-refractivity contribution in [3.63, 3.8) is 0 Å². The summed E-state index contributed by atoms with van der Waals surface area (Å²) in [5.41, 5.74) is 2.87. The van der Waals surface area contributed by atoms with Crippen molar-refractivity contribution < 1.29 is 9.59 Å². The fourth-order valence-corrected chi connectivity index (χ4v) is 2.20. The molecule has 22 heavy (non-hydrogen) atoms. The summed E-state index contributed by atoms with van der Waals surface area (Å²) < 4.78 is 0. The third-order valence-electron chi connectivity index (χ3n) is 3.34. The van der Waals surface area contributed by atoms with Crippen molar-refractivity contribution in [3.05, 3.63) is 64.2 Å². The number of aryl methyl sites for hydroxylation is 1. The normalized spacial score (nSPS) is 10.1. The van der Waals surface area contributed by atoms with Crippen molar-refractivity contribution in [1.29, 1.82) is 0 Å². The zero-order valence-electron chi connectivity index (χ0n) is 12.4. The Balaban J connectivity index is 1.95. The van der Waals surface area contributed by atoms with Crippen molar-refractivity contribution >= 4 is 29.1 Å². The topological polar surface area (TPSA) is 58.2 Å². The van der Waals surface area contributed by atoms with E-state index in [0.717, 1.165) is 11.1 Å². The first-order valence-electron chi connectivity index (χ1n) is 6.88. The predicted molar refractivity (Wildman–Crippen MR) is 88.3 cm³/mol. The van der Waals surface area contributed by atoms with Gasteiger partial charge in [-0.15, -0.1) is 0 Å². The molecule has 0 radical (unpaired) electrons.